The van der Waals surface area contributed by atoms with Crippen LogP contribution in [0.15, 0.2) is 46.9 Å². The van der Waals surface area contributed by atoms with Crippen molar-refractivity contribution in [2.24, 2.45) is 0 Å². The number of nitrogens with zero attached hydrogens (tertiary/aromatic N) is 1. The number of ether oxygens (including phenoxy) is 2. The Morgan fingerprint density at radius 3 is 2.75 bits per heavy atom. The molecular weight excluding hydrogens is 314 g/mol. The molecule has 1 saturated heterocycles. The number of carbonyl (C=O) groups is 2. The summed E-state index contributed by atoms with van der Waals surface area (Å²) >= 11 is 0. The molecule has 7 heteroatoms. The topological polar surface area (TPSA) is 89.2 Å². The Balaban J connectivity index is 1.64. The average Bonchev–Trinajstić information content (AvgIpc) is 3.03. The summed E-state index contributed by atoms with van der Waals surface area (Å²) in [6, 6.07) is 12.2. The maximum absolute atomic E-state index is 12.5. The van der Waals surface area contributed by atoms with Crippen molar-refractivity contribution in [3.05, 3.63) is 48.2 Å². The number of aliphatic carboxylic acids is 1. The van der Waals surface area contributed by atoms with Gasteiger partial charge in [0.25, 0.3) is 11.9 Å². The van der Waals surface area contributed by atoms with Crippen LogP contribution in [-0.2, 0) is 9.53 Å². The van der Waals surface area contributed by atoms with Gasteiger partial charge in [-0.15, -0.1) is 0 Å². The number of carboxylic acid groups (broad SMARTS) is 1. The molecule has 7 nitrogen and oxygen atoms in total. The van der Waals surface area contributed by atoms with Crippen LogP contribution in [0.1, 0.15) is 17.0 Å². The van der Waals surface area contributed by atoms with E-state index in [2.05, 4.69) is 0 Å². The van der Waals surface area contributed by atoms with Crippen molar-refractivity contribution in [2.75, 3.05) is 19.7 Å². The van der Waals surface area contributed by atoms with Gasteiger partial charge in [0.05, 0.1) is 19.1 Å². The Bertz CT molecular complexity index is 711. The van der Waals surface area contributed by atoms with E-state index in [4.69, 9.17) is 19.0 Å². The number of para-hydroxylation sites is 1. The normalized spacial score (nSPS) is 17.5. The van der Waals surface area contributed by atoms with E-state index >= 15 is 0 Å². The van der Waals surface area contributed by atoms with Crippen molar-refractivity contribution in [2.45, 2.75) is 12.5 Å². The van der Waals surface area contributed by atoms with E-state index in [-0.39, 0.29) is 30.6 Å². The summed E-state index contributed by atoms with van der Waals surface area (Å²) in [6.45, 7) is 0.920. The zero-order chi connectivity index (χ0) is 16.9. The highest BCUT2D eigenvalue weighted by molar-refractivity contribution is 5.91. The van der Waals surface area contributed by atoms with Crippen LogP contribution in [-0.4, -0.2) is 47.7 Å². The molecule has 1 aliphatic rings. The molecule has 126 valence electrons. The Hall–Kier alpha value is -2.80. The minimum absolute atomic E-state index is 0.135. The second-order valence-corrected chi connectivity index (χ2v) is 5.38. The maximum Gasteiger partial charge on any atom is 0.306 e. The van der Waals surface area contributed by atoms with Crippen molar-refractivity contribution in [1.29, 1.82) is 0 Å². The average molecular weight is 331 g/mol. The first-order valence-corrected chi connectivity index (χ1v) is 7.57. The minimum atomic E-state index is -0.953. The third kappa shape index (κ3) is 3.94. The van der Waals surface area contributed by atoms with Gasteiger partial charge < -0.3 is 23.9 Å². The van der Waals surface area contributed by atoms with E-state index in [0.717, 1.165) is 0 Å². The van der Waals surface area contributed by atoms with Gasteiger partial charge in [-0.1, -0.05) is 18.2 Å². The van der Waals surface area contributed by atoms with E-state index in [0.29, 0.717) is 18.9 Å². The summed E-state index contributed by atoms with van der Waals surface area (Å²) in [7, 11) is 0. The largest absolute Gasteiger partial charge is 0.481 e. The molecule has 2 heterocycles. The van der Waals surface area contributed by atoms with Crippen molar-refractivity contribution in [3.8, 4) is 11.7 Å². The smallest absolute Gasteiger partial charge is 0.306 e. The lowest BCUT2D eigenvalue weighted by molar-refractivity contribution is -0.141. The van der Waals surface area contributed by atoms with Gasteiger partial charge >= 0.3 is 5.97 Å². The molecule has 1 unspecified atom stereocenters. The molecule has 0 saturated carbocycles. The molecular formula is C17H17NO6. The third-order valence-electron chi connectivity index (χ3n) is 3.58. The highest BCUT2D eigenvalue weighted by atomic mass is 16.6. The fourth-order valence-corrected chi connectivity index (χ4v) is 2.47. The van der Waals surface area contributed by atoms with Gasteiger partial charge in [0, 0.05) is 19.2 Å². The summed E-state index contributed by atoms with van der Waals surface area (Å²) in [5, 5.41) is 8.83. The number of rotatable bonds is 5. The van der Waals surface area contributed by atoms with Gasteiger partial charge in [0.1, 0.15) is 5.75 Å². The molecule has 0 radical (unpaired) electrons. The SMILES string of the molecule is O=C(O)CC1CN(C(=O)c2ccc(Oc3ccccc3)o2)CCO1. The number of carbonyl (C=O) groups excluding carboxylic acids is 1. The summed E-state index contributed by atoms with van der Waals surface area (Å²) < 4.78 is 16.3. The number of morpholine rings is 1. The molecule has 1 fully saturated rings. The van der Waals surface area contributed by atoms with E-state index in [1.165, 1.54) is 4.90 Å². The highest BCUT2D eigenvalue weighted by Crippen LogP contribution is 2.24. The first-order chi connectivity index (χ1) is 11.6. The molecule has 1 atom stereocenters. The molecule has 1 aromatic carbocycles. The van der Waals surface area contributed by atoms with Gasteiger partial charge in [0.15, 0.2) is 5.76 Å². The summed E-state index contributed by atoms with van der Waals surface area (Å²) in [4.78, 5) is 24.8. The zero-order valence-electron chi connectivity index (χ0n) is 12.9. The zero-order valence-corrected chi connectivity index (χ0v) is 12.9. The molecule has 0 aliphatic carbocycles. The number of hydrogen-bond acceptors (Lipinski definition) is 5. The van der Waals surface area contributed by atoms with E-state index in [1.807, 2.05) is 18.2 Å². The van der Waals surface area contributed by atoms with Crippen molar-refractivity contribution < 1.29 is 28.6 Å². The van der Waals surface area contributed by atoms with E-state index in [9.17, 15) is 9.59 Å². The predicted molar refractivity (Wildman–Crippen MR) is 83.1 cm³/mol. The molecule has 0 bridgehead atoms. The molecule has 1 aromatic heterocycles. The second-order valence-electron chi connectivity index (χ2n) is 5.38. The Labute approximate surface area is 138 Å². The molecule has 0 spiro atoms. The maximum atomic E-state index is 12.5. The van der Waals surface area contributed by atoms with Crippen LogP contribution < -0.4 is 4.74 Å². The fraction of sp³-hybridized carbons (Fsp3) is 0.294. The van der Waals surface area contributed by atoms with Crippen LogP contribution in [0.25, 0.3) is 0 Å². The molecule has 1 N–H and O–H groups in total. The van der Waals surface area contributed by atoms with E-state index < -0.39 is 12.1 Å². The first kappa shape index (κ1) is 16.1. The van der Waals surface area contributed by atoms with Crippen LogP contribution in [0.3, 0.4) is 0 Å². The molecule has 1 aliphatic heterocycles. The first-order valence-electron chi connectivity index (χ1n) is 7.57. The van der Waals surface area contributed by atoms with Gasteiger partial charge in [-0.2, -0.15) is 0 Å². The summed E-state index contributed by atoms with van der Waals surface area (Å²) in [6.07, 6.45) is -0.639. The second kappa shape index (κ2) is 7.18. The van der Waals surface area contributed by atoms with Gasteiger partial charge in [0.2, 0.25) is 0 Å². The van der Waals surface area contributed by atoms with Gasteiger partial charge in [-0.05, 0) is 18.2 Å². The van der Waals surface area contributed by atoms with Crippen molar-refractivity contribution in [3.63, 3.8) is 0 Å². The lowest BCUT2D eigenvalue weighted by Gasteiger charge is -2.31. The number of hydrogen-bond donors (Lipinski definition) is 1. The Kier molecular flexibility index (Phi) is 4.81. The van der Waals surface area contributed by atoms with Crippen LogP contribution in [0.4, 0.5) is 0 Å². The molecule has 2 aromatic rings. The van der Waals surface area contributed by atoms with Crippen LogP contribution in [0.2, 0.25) is 0 Å². The molecule has 24 heavy (non-hydrogen) atoms. The molecule has 1 amide bonds. The summed E-state index contributed by atoms with van der Waals surface area (Å²) in [5.74, 6) is -0.280. The number of furan rings is 1. The van der Waals surface area contributed by atoms with Gasteiger partial charge in [-0.25, -0.2) is 0 Å². The van der Waals surface area contributed by atoms with Crippen molar-refractivity contribution >= 4 is 11.9 Å². The van der Waals surface area contributed by atoms with Crippen molar-refractivity contribution in [1.82, 2.24) is 4.90 Å². The van der Waals surface area contributed by atoms with Crippen LogP contribution >= 0.6 is 0 Å². The standard InChI is InChI=1S/C17H17NO6/c19-15(20)10-13-11-18(8-9-22-13)17(21)14-6-7-16(24-14)23-12-4-2-1-3-5-12/h1-7,13H,8-11H2,(H,19,20). The lowest BCUT2D eigenvalue weighted by atomic mass is 10.2. The Morgan fingerprint density at radius 2 is 2.00 bits per heavy atom. The van der Waals surface area contributed by atoms with Gasteiger partial charge in [-0.3, -0.25) is 9.59 Å². The molecule has 3 rings (SSSR count). The highest BCUT2D eigenvalue weighted by Gasteiger charge is 2.28. The van der Waals surface area contributed by atoms with Crippen LogP contribution in [0, 0.1) is 0 Å². The number of benzene rings is 1. The number of amides is 1. The summed E-state index contributed by atoms with van der Waals surface area (Å²) in [5.41, 5.74) is 0. The number of carboxylic acids is 1. The predicted octanol–water partition coefficient (Wildman–Crippen LogP) is 2.39. The quantitative estimate of drug-likeness (QED) is 0.905. The fourth-order valence-electron chi connectivity index (χ4n) is 2.47. The van der Waals surface area contributed by atoms with Crippen LogP contribution in [0.5, 0.6) is 11.7 Å². The monoisotopic (exact) mass is 331 g/mol. The lowest BCUT2D eigenvalue weighted by Crippen LogP contribution is -2.46. The minimum Gasteiger partial charge on any atom is -0.481 e. The third-order valence-corrected chi connectivity index (χ3v) is 3.58. The Morgan fingerprint density at radius 1 is 1.21 bits per heavy atom. The van der Waals surface area contributed by atoms with E-state index in [1.54, 1.807) is 24.3 Å².